The molecule has 0 spiro atoms. The second-order valence-corrected chi connectivity index (χ2v) is 4.55. The lowest BCUT2D eigenvalue weighted by Crippen LogP contribution is -2.37. The third-order valence-corrected chi connectivity index (χ3v) is 2.74. The predicted octanol–water partition coefficient (Wildman–Crippen LogP) is 1.74. The molecule has 1 aromatic carbocycles. The number of nitrogens with zero attached hydrogens (tertiary/aromatic N) is 1. The topological polar surface area (TPSA) is 87.7 Å². The van der Waals surface area contributed by atoms with Crippen LogP contribution in [0.1, 0.15) is 20.8 Å². The summed E-state index contributed by atoms with van der Waals surface area (Å²) in [5.74, 6) is -0.346. The van der Waals surface area contributed by atoms with E-state index in [9.17, 15) is 14.4 Å². The van der Waals surface area contributed by atoms with Gasteiger partial charge in [0, 0.05) is 38.3 Å². The molecule has 0 aliphatic rings. The summed E-state index contributed by atoms with van der Waals surface area (Å²) in [7, 11) is 0. The molecule has 0 saturated heterocycles. The van der Waals surface area contributed by atoms with E-state index in [-0.39, 0.29) is 18.4 Å². The van der Waals surface area contributed by atoms with E-state index in [1.54, 1.807) is 31.2 Å². The molecule has 0 fully saturated rings. The van der Waals surface area contributed by atoms with Gasteiger partial charge < -0.3 is 20.3 Å². The van der Waals surface area contributed by atoms with Crippen molar-refractivity contribution in [1.29, 1.82) is 0 Å². The highest BCUT2D eigenvalue weighted by Gasteiger charge is 2.12. The van der Waals surface area contributed by atoms with E-state index >= 15 is 0 Å². The van der Waals surface area contributed by atoms with Gasteiger partial charge in [-0.1, -0.05) is 6.07 Å². The summed E-state index contributed by atoms with van der Waals surface area (Å²) in [6.45, 7) is 5.44. The zero-order valence-electron chi connectivity index (χ0n) is 13.0. The van der Waals surface area contributed by atoms with E-state index in [2.05, 4.69) is 10.6 Å². The van der Waals surface area contributed by atoms with Crippen molar-refractivity contribution in [3.05, 3.63) is 24.3 Å². The molecule has 0 atom stereocenters. The second kappa shape index (κ2) is 8.66. The molecule has 0 radical (unpaired) electrons. The Hall–Kier alpha value is -2.57. The van der Waals surface area contributed by atoms with E-state index in [0.717, 1.165) is 0 Å². The SMILES string of the molecule is CCOC(=O)NCCN(C(C)=O)c1cccc(NC(C)=O)c1. The maximum absolute atomic E-state index is 11.8. The molecule has 0 aliphatic heterocycles. The number of ether oxygens (including phenoxy) is 1. The van der Waals surface area contributed by atoms with Gasteiger partial charge >= 0.3 is 6.09 Å². The number of carbonyl (C=O) groups is 3. The van der Waals surface area contributed by atoms with E-state index < -0.39 is 6.09 Å². The molecular weight excluding hydrogens is 286 g/mol. The first-order valence-corrected chi connectivity index (χ1v) is 7.00. The summed E-state index contributed by atoms with van der Waals surface area (Å²) in [5.41, 5.74) is 1.25. The largest absolute Gasteiger partial charge is 0.450 e. The Bertz CT molecular complexity index is 545. The van der Waals surface area contributed by atoms with Crippen LogP contribution in [0.15, 0.2) is 24.3 Å². The van der Waals surface area contributed by atoms with Crippen LogP contribution in [0.3, 0.4) is 0 Å². The maximum Gasteiger partial charge on any atom is 0.407 e. The van der Waals surface area contributed by atoms with Crippen molar-refractivity contribution in [1.82, 2.24) is 5.32 Å². The predicted molar refractivity (Wildman–Crippen MR) is 83.8 cm³/mol. The van der Waals surface area contributed by atoms with Gasteiger partial charge in [-0.15, -0.1) is 0 Å². The van der Waals surface area contributed by atoms with Crippen molar-refractivity contribution in [2.24, 2.45) is 0 Å². The molecule has 7 nitrogen and oxygen atoms in total. The van der Waals surface area contributed by atoms with Crippen LogP contribution in [-0.4, -0.2) is 37.6 Å². The van der Waals surface area contributed by atoms with Gasteiger partial charge in [-0.05, 0) is 25.1 Å². The lowest BCUT2D eigenvalue weighted by Gasteiger charge is -2.22. The summed E-state index contributed by atoms with van der Waals surface area (Å²) in [6.07, 6.45) is -0.516. The Morgan fingerprint density at radius 1 is 1.23 bits per heavy atom. The summed E-state index contributed by atoms with van der Waals surface area (Å²) < 4.78 is 4.75. The van der Waals surface area contributed by atoms with Crippen LogP contribution in [0.4, 0.5) is 16.2 Å². The Balaban J connectivity index is 2.72. The molecule has 0 unspecified atom stereocenters. The summed E-state index contributed by atoms with van der Waals surface area (Å²) >= 11 is 0. The first kappa shape index (κ1) is 17.5. The Morgan fingerprint density at radius 2 is 1.95 bits per heavy atom. The van der Waals surface area contributed by atoms with Gasteiger partial charge in [0.05, 0.1) is 6.61 Å². The monoisotopic (exact) mass is 307 g/mol. The number of rotatable bonds is 6. The van der Waals surface area contributed by atoms with E-state index in [1.807, 2.05) is 0 Å². The van der Waals surface area contributed by atoms with E-state index in [1.165, 1.54) is 18.7 Å². The van der Waals surface area contributed by atoms with Crippen LogP contribution in [-0.2, 0) is 14.3 Å². The minimum absolute atomic E-state index is 0.161. The summed E-state index contributed by atoms with van der Waals surface area (Å²) in [6, 6.07) is 6.94. The minimum Gasteiger partial charge on any atom is -0.450 e. The number of carbonyl (C=O) groups excluding carboxylic acids is 3. The van der Waals surface area contributed by atoms with Crippen molar-refractivity contribution < 1.29 is 19.1 Å². The molecule has 0 heterocycles. The van der Waals surface area contributed by atoms with Crippen molar-refractivity contribution in [3.8, 4) is 0 Å². The molecule has 0 bridgehead atoms. The number of benzene rings is 1. The zero-order chi connectivity index (χ0) is 16.5. The van der Waals surface area contributed by atoms with Gasteiger partial charge in [0.25, 0.3) is 0 Å². The highest BCUT2D eigenvalue weighted by molar-refractivity contribution is 5.94. The first-order chi connectivity index (χ1) is 10.4. The highest BCUT2D eigenvalue weighted by atomic mass is 16.5. The van der Waals surface area contributed by atoms with E-state index in [0.29, 0.717) is 24.5 Å². The lowest BCUT2D eigenvalue weighted by atomic mass is 10.2. The molecule has 0 saturated carbocycles. The average Bonchev–Trinajstić information content (AvgIpc) is 2.43. The fraction of sp³-hybridized carbons (Fsp3) is 0.400. The second-order valence-electron chi connectivity index (χ2n) is 4.55. The standard InChI is InChI=1S/C15H21N3O4/c1-4-22-15(21)16-8-9-18(12(3)20)14-7-5-6-13(10-14)17-11(2)19/h5-7,10H,4,8-9H2,1-3H3,(H,16,21)(H,17,19). The number of hydrogen-bond donors (Lipinski definition) is 2. The number of anilines is 2. The van der Waals surface area contributed by atoms with Crippen molar-refractivity contribution in [3.63, 3.8) is 0 Å². The number of amides is 3. The molecule has 3 amide bonds. The number of alkyl carbamates (subject to hydrolysis) is 1. The number of hydrogen-bond acceptors (Lipinski definition) is 4. The van der Waals surface area contributed by atoms with E-state index in [4.69, 9.17) is 4.74 Å². The van der Waals surface area contributed by atoms with Crippen molar-refractivity contribution in [2.45, 2.75) is 20.8 Å². The molecule has 0 aromatic heterocycles. The molecule has 7 heteroatoms. The highest BCUT2D eigenvalue weighted by Crippen LogP contribution is 2.19. The van der Waals surface area contributed by atoms with Crippen LogP contribution in [0.2, 0.25) is 0 Å². The maximum atomic E-state index is 11.8. The molecule has 120 valence electrons. The normalized spacial score (nSPS) is 9.77. The average molecular weight is 307 g/mol. The Labute approximate surface area is 129 Å². The zero-order valence-corrected chi connectivity index (χ0v) is 13.0. The van der Waals surface area contributed by atoms with Crippen molar-refractivity contribution in [2.75, 3.05) is 29.9 Å². The van der Waals surface area contributed by atoms with Gasteiger partial charge in [-0.2, -0.15) is 0 Å². The molecule has 1 rings (SSSR count). The quantitative estimate of drug-likeness (QED) is 0.838. The van der Waals surface area contributed by atoms with Gasteiger partial charge in [-0.25, -0.2) is 4.79 Å². The van der Waals surface area contributed by atoms with Crippen molar-refractivity contribution >= 4 is 29.3 Å². The van der Waals surface area contributed by atoms with Crippen LogP contribution >= 0.6 is 0 Å². The lowest BCUT2D eigenvalue weighted by molar-refractivity contribution is -0.116. The Morgan fingerprint density at radius 3 is 2.55 bits per heavy atom. The van der Waals surface area contributed by atoms with Crippen LogP contribution in [0.25, 0.3) is 0 Å². The van der Waals surface area contributed by atoms with Crippen LogP contribution in [0, 0.1) is 0 Å². The summed E-state index contributed by atoms with van der Waals surface area (Å²) in [5, 5.41) is 5.22. The molecule has 22 heavy (non-hydrogen) atoms. The van der Waals surface area contributed by atoms with Gasteiger partial charge in [0.1, 0.15) is 0 Å². The van der Waals surface area contributed by atoms with Gasteiger partial charge in [0.2, 0.25) is 11.8 Å². The third kappa shape index (κ3) is 5.82. The molecule has 1 aromatic rings. The Kier molecular flexibility index (Phi) is 6.88. The fourth-order valence-corrected chi connectivity index (χ4v) is 1.88. The fourth-order valence-electron chi connectivity index (χ4n) is 1.88. The molecule has 0 aliphatic carbocycles. The molecule has 2 N–H and O–H groups in total. The van der Waals surface area contributed by atoms with Crippen LogP contribution < -0.4 is 15.5 Å². The minimum atomic E-state index is -0.516. The van der Waals surface area contributed by atoms with Gasteiger partial charge in [-0.3, -0.25) is 9.59 Å². The van der Waals surface area contributed by atoms with Crippen LogP contribution in [0.5, 0.6) is 0 Å². The van der Waals surface area contributed by atoms with Gasteiger partial charge in [0.15, 0.2) is 0 Å². The smallest absolute Gasteiger partial charge is 0.407 e. The molecular formula is C15H21N3O4. The third-order valence-electron chi connectivity index (χ3n) is 2.74. The summed E-state index contributed by atoms with van der Waals surface area (Å²) in [4.78, 5) is 35.6. The first-order valence-electron chi connectivity index (χ1n) is 7.00. The number of nitrogens with one attached hydrogen (secondary N) is 2.